The van der Waals surface area contributed by atoms with Gasteiger partial charge in [0.2, 0.25) is 0 Å². The smallest absolute Gasteiger partial charge is 0.411 e. The number of nitrogens with zero attached hydrogens (tertiary/aromatic N) is 2. The minimum atomic E-state index is -0.629. The monoisotopic (exact) mass is 398 g/mol. The lowest BCUT2D eigenvalue weighted by atomic mass is 10.2. The van der Waals surface area contributed by atoms with Crippen LogP contribution in [0.4, 0.5) is 4.79 Å². The van der Waals surface area contributed by atoms with E-state index < -0.39 is 17.8 Å². The molecule has 0 unspecified atom stereocenters. The molecule has 27 heavy (non-hydrogen) atoms. The number of likely N-dealkylation sites (tertiary alicyclic amines) is 1. The molecule has 0 saturated carbocycles. The second kappa shape index (κ2) is 8.69. The van der Waals surface area contributed by atoms with Crippen LogP contribution in [0.2, 0.25) is 0 Å². The largest absolute Gasteiger partial charge is 0.469 e. The van der Waals surface area contributed by atoms with Crippen molar-refractivity contribution in [1.29, 1.82) is 0 Å². The summed E-state index contributed by atoms with van der Waals surface area (Å²) in [6.07, 6.45) is 2.10. The number of rotatable bonds is 5. The zero-order valence-electron chi connectivity index (χ0n) is 16.3. The maximum Gasteiger partial charge on any atom is 0.411 e. The molecule has 1 saturated heterocycles. The minimum Gasteiger partial charge on any atom is -0.469 e. The topological polar surface area (TPSA) is 95.0 Å². The highest BCUT2D eigenvalue weighted by Crippen LogP contribution is 2.37. The van der Waals surface area contributed by atoms with Gasteiger partial charge in [0.1, 0.15) is 16.7 Å². The molecule has 0 radical (unpaired) electrons. The van der Waals surface area contributed by atoms with E-state index in [-0.39, 0.29) is 30.9 Å². The molecule has 1 aliphatic heterocycles. The third kappa shape index (κ3) is 6.20. The zero-order chi connectivity index (χ0) is 20.2. The number of methoxy groups -OCH3 is 1. The molecule has 1 aromatic rings. The highest BCUT2D eigenvalue weighted by atomic mass is 32.1. The van der Waals surface area contributed by atoms with Crippen LogP contribution in [0.25, 0.3) is 0 Å². The second-order valence-electron chi connectivity index (χ2n) is 7.36. The molecule has 9 heteroatoms. The Labute approximate surface area is 162 Å². The second-order valence-corrected chi connectivity index (χ2v) is 8.50. The number of carbonyl (C=O) groups excluding carboxylic acids is 3. The molecule has 2 heterocycles. The maximum absolute atomic E-state index is 12.6. The first-order valence-electron chi connectivity index (χ1n) is 8.77. The number of carbonyl (C=O) groups is 3. The molecular formula is C18H26N2O6S. The van der Waals surface area contributed by atoms with Crippen LogP contribution >= 0.6 is 11.3 Å². The van der Waals surface area contributed by atoms with Crippen molar-refractivity contribution in [3.8, 4) is 0 Å². The molecule has 1 amide bonds. The van der Waals surface area contributed by atoms with E-state index in [1.807, 2.05) is 0 Å². The Balaban J connectivity index is 2.14. The highest BCUT2D eigenvalue weighted by molar-refractivity contribution is 7.11. The summed E-state index contributed by atoms with van der Waals surface area (Å²) in [5.41, 5.74) is -0.629. The third-order valence-corrected chi connectivity index (χ3v) is 5.04. The Hall–Kier alpha value is -2.16. The van der Waals surface area contributed by atoms with Gasteiger partial charge in [-0.05, 0) is 27.2 Å². The first-order chi connectivity index (χ1) is 12.6. The number of aryl methyl sites for hydroxylation is 1. The summed E-state index contributed by atoms with van der Waals surface area (Å²) in [6, 6.07) is -0.332. The molecule has 2 atom stereocenters. The number of hydrogen-bond donors (Lipinski definition) is 0. The summed E-state index contributed by atoms with van der Waals surface area (Å²) >= 11 is 1.43. The van der Waals surface area contributed by atoms with E-state index in [1.54, 1.807) is 31.9 Å². The lowest BCUT2D eigenvalue weighted by Crippen LogP contribution is -2.37. The van der Waals surface area contributed by atoms with Crippen molar-refractivity contribution in [2.24, 2.45) is 0 Å². The lowest BCUT2D eigenvalue weighted by molar-refractivity contribution is -0.145. The van der Waals surface area contributed by atoms with E-state index in [0.29, 0.717) is 12.8 Å². The Morgan fingerprint density at radius 2 is 2.04 bits per heavy atom. The van der Waals surface area contributed by atoms with Crippen molar-refractivity contribution >= 4 is 29.4 Å². The van der Waals surface area contributed by atoms with Crippen molar-refractivity contribution in [1.82, 2.24) is 9.88 Å². The Morgan fingerprint density at radius 3 is 2.63 bits per heavy atom. The third-order valence-electron chi connectivity index (χ3n) is 3.88. The Bertz CT molecular complexity index is 696. The number of hydrogen-bond acceptors (Lipinski definition) is 8. The summed E-state index contributed by atoms with van der Waals surface area (Å²) in [6.45, 7) is 7.01. The van der Waals surface area contributed by atoms with E-state index >= 15 is 0 Å². The maximum atomic E-state index is 12.6. The normalized spacial score (nSPS) is 19.7. The van der Waals surface area contributed by atoms with Crippen LogP contribution in [0.1, 0.15) is 56.5 Å². The highest BCUT2D eigenvalue weighted by Gasteiger charge is 2.41. The number of thiazole rings is 1. The fraction of sp³-hybridized carbons (Fsp3) is 0.667. The Kier molecular flexibility index (Phi) is 6.80. The molecule has 1 aliphatic rings. The minimum absolute atomic E-state index is 0.260. The van der Waals surface area contributed by atoms with Crippen molar-refractivity contribution < 1.29 is 28.6 Å². The van der Waals surface area contributed by atoms with Gasteiger partial charge >= 0.3 is 18.0 Å². The molecule has 0 aromatic carbocycles. The van der Waals surface area contributed by atoms with E-state index in [2.05, 4.69) is 9.72 Å². The summed E-state index contributed by atoms with van der Waals surface area (Å²) in [4.78, 5) is 42.1. The summed E-state index contributed by atoms with van der Waals surface area (Å²) in [5.74, 6) is -0.668. The van der Waals surface area contributed by atoms with Crippen LogP contribution in [-0.2, 0) is 30.2 Å². The van der Waals surface area contributed by atoms with Crippen LogP contribution in [0.15, 0.2) is 6.20 Å². The van der Waals surface area contributed by atoms with Gasteiger partial charge in [0.15, 0.2) is 0 Å². The average Bonchev–Trinajstić information content (AvgIpc) is 3.17. The SMILES string of the molecule is COC(=O)CCc1cnc([C@@H]2C[C@@H](OC(C)=O)CN2C(=O)OC(C)(C)C)s1. The van der Waals surface area contributed by atoms with Crippen molar-refractivity contribution in [2.45, 2.75) is 64.7 Å². The van der Waals surface area contributed by atoms with Crippen LogP contribution in [0.3, 0.4) is 0 Å². The van der Waals surface area contributed by atoms with Gasteiger partial charge < -0.3 is 14.2 Å². The fourth-order valence-electron chi connectivity index (χ4n) is 2.79. The molecule has 1 fully saturated rings. The molecule has 8 nitrogen and oxygen atoms in total. The van der Waals surface area contributed by atoms with Gasteiger partial charge in [-0.3, -0.25) is 14.5 Å². The van der Waals surface area contributed by atoms with Gasteiger partial charge in [-0.15, -0.1) is 11.3 Å². The number of amides is 1. The summed E-state index contributed by atoms with van der Waals surface area (Å²) < 4.78 is 15.4. The van der Waals surface area contributed by atoms with Gasteiger partial charge in [0, 0.05) is 24.4 Å². The first kappa shape index (κ1) is 21.1. The molecule has 2 rings (SSSR count). The molecule has 1 aromatic heterocycles. The molecule has 150 valence electrons. The van der Waals surface area contributed by atoms with Gasteiger partial charge in [0.25, 0.3) is 0 Å². The molecular weight excluding hydrogens is 372 g/mol. The molecule has 0 aliphatic carbocycles. The number of esters is 2. The summed E-state index contributed by atoms with van der Waals surface area (Å²) in [5, 5.41) is 0.732. The fourth-order valence-corrected chi connectivity index (χ4v) is 3.84. The molecule has 0 bridgehead atoms. The van der Waals surface area contributed by atoms with E-state index in [4.69, 9.17) is 9.47 Å². The predicted molar refractivity (Wildman–Crippen MR) is 98.3 cm³/mol. The number of ether oxygens (including phenoxy) is 3. The van der Waals surface area contributed by atoms with E-state index in [9.17, 15) is 14.4 Å². The van der Waals surface area contributed by atoms with Crippen molar-refractivity contribution in [3.05, 3.63) is 16.1 Å². The van der Waals surface area contributed by atoms with Crippen LogP contribution in [-0.4, -0.2) is 53.3 Å². The van der Waals surface area contributed by atoms with Gasteiger partial charge in [-0.2, -0.15) is 0 Å². The van der Waals surface area contributed by atoms with E-state index in [1.165, 1.54) is 25.4 Å². The standard InChI is InChI=1S/C18H26N2O6S/c1-11(21)25-12-8-14(20(10-12)17(23)26-18(2,3)4)16-19-9-13(27-16)6-7-15(22)24-5/h9,12,14H,6-8,10H2,1-5H3/t12-,14+/m1/s1. The van der Waals surface area contributed by atoms with Crippen molar-refractivity contribution in [3.63, 3.8) is 0 Å². The van der Waals surface area contributed by atoms with Gasteiger partial charge in [-0.1, -0.05) is 0 Å². The Morgan fingerprint density at radius 1 is 1.33 bits per heavy atom. The number of aromatic nitrogens is 1. The molecule has 0 spiro atoms. The first-order valence-corrected chi connectivity index (χ1v) is 9.59. The molecule has 0 N–H and O–H groups in total. The lowest BCUT2D eigenvalue weighted by Gasteiger charge is -2.27. The average molecular weight is 398 g/mol. The van der Waals surface area contributed by atoms with Gasteiger partial charge in [0.05, 0.1) is 26.1 Å². The van der Waals surface area contributed by atoms with E-state index in [0.717, 1.165) is 9.88 Å². The predicted octanol–water partition coefficient (Wildman–Crippen LogP) is 2.86. The van der Waals surface area contributed by atoms with Crippen molar-refractivity contribution in [2.75, 3.05) is 13.7 Å². The zero-order valence-corrected chi connectivity index (χ0v) is 17.1. The van der Waals surface area contributed by atoms with Crippen LogP contribution < -0.4 is 0 Å². The quantitative estimate of drug-likeness (QED) is 0.556. The van der Waals surface area contributed by atoms with Gasteiger partial charge in [-0.25, -0.2) is 9.78 Å². The van der Waals surface area contributed by atoms with Crippen LogP contribution in [0, 0.1) is 0 Å². The van der Waals surface area contributed by atoms with Crippen LogP contribution in [0.5, 0.6) is 0 Å². The summed E-state index contributed by atoms with van der Waals surface area (Å²) in [7, 11) is 1.35.